The first-order valence-electron chi connectivity index (χ1n) is 10.3. The molecule has 0 saturated heterocycles. The number of aromatic nitrogens is 1. The summed E-state index contributed by atoms with van der Waals surface area (Å²) in [5, 5.41) is 21.4. The van der Waals surface area contributed by atoms with Crippen LogP contribution in [0.5, 0.6) is 0 Å². The van der Waals surface area contributed by atoms with Crippen molar-refractivity contribution in [2.45, 2.75) is 13.8 Å². The molecule has 0 aliphatic rings. The summed E-state index contributed by atoms with van der Waals surface area (Å²) in [6.07, 6.45) is 0. The third-order valence-electron chi connectivity index (χ3n) is 5.20. The number of rotatable bonds is 3. The zero-order chi connectivity index (χ0) is 21.1. The van der Waals surface area contributed by atoms with Gasteiger partial charge in [0.1, 0.15) is 0 Å². The summed E-state index contributed by atoms with van der Waals surface area (Å²) in [6, 6.07) is 32.5. The van der Waals surface area contributed by atoms with Crippen molar-refractivity contribution in [1.82, 2.24) is 4.57 Å². The highest BCUT2D eigenvalue weighted by Crippen LogP contribution is 2.32. The molecule has 0 amide bonds. The van der Waals surface area contributed by atoms with E-state index in [1.54, 1.807) is 6.07 Å². The smallest absolute Gasteiger partial charge is 0.423 e. The second-order valence-electron chi connectivity index (χ2n) is 6.92. The van der Waals surface area contributed by atoms with Gasteiger partial charge in [0.05, 0.1) is 11.0 Å². The van der Waals surface area contributed by atoms with E-state index in [0.29, 0.717) is 5.46 Å². The lowest BCUT2D eigenvalue weighted by molar-refractivity contribution is 0.426. The largest absolute Gasteiger partial charge is 0.488 e. The number of hydrogen-bond donors (Lipinski definition) is 2. The van der Waals surface area contributed by atoms with Gasteiger partial charge in [-0.25, -0.2) is 0 Å². The molecule has 30 heavy (non-hydrogen) atoms. The van der Waals surface area contributed by atoms with E-state index < -0.39 is 7.12 Å². The van der Waals surface area contributed by atoms with Crippen LogP contribution in [0.3, 0.4) is 0 Å². The first-order chi connectivity index (χ1) is 14.7. The van der Waals surface area contributed by atoms with Crippen LogP contribution in [0.1, 0.15) is 13.8 Å². The van der Waals surface area contributed by atoms with Crippen LogP contribution >= 0.6 is 0 Å². The van der Waals surface area contributed by atoms with Gasteiger partial charge in [0, 0.05) is 16.5 Å². The summed E-state index contributed by atoms with van der Waals surface area (Å²) in [5.41, 5.74) is 5.88. The van der Waals surface area contributed by atoms with E-state index in [4.69, 9.17) is 0 Å². The normalized spacial score (nSPS) is 10.7. The Morgan fingerprint density at radius 2 is 1.13 bits per heavy atom. The summed E-state index contributed by atoms with van der Waals surface area (Å²) in [5.74, 6) is 0. The van der Waals surface area contributed by atoms with Gasteiger partial charge in [-0.2, -0.15) is 0 Å². The summed E-state index contributed by atoms with van der Waals surface area (Å²) in [7, 11) is -1.47. The molecular formula is C26H24BNO2. The molecule has 4 heteroatoms. The molecule has 0 fully saturated rings. The Bertz CT molecular complexity index is 1250. The Labute approximate surface area is 177 Å². The van der Waals surface area contributed by atoms with Crippen molar-refractivity contribution in [3.05, 3.63) is 97.1 Å². The standard InChI is InChI=1S/C24H18BNO2.C2H6/c27-25(28)19-9-5-7-17(15-19)18-8-6-10-20(16-18)26-23-13-3-1-11-21(23)22-12-2-4-14-24(22)26;1-2/h1-16,27-28H;1-2H3. The molecular weight excluding hydrogens is 369 g/mol. The summed E-state index contributed by atoms with van der Waals surface area (Å²) >= 11 is 0. The maximum Gasteiger partial charge on any atom is 0.488 e. The lowest BCUT2D eigenvalue weighted by Gasteiger charge is -2.11. The molecule has 0 bridgehead atoms. The van der Waals surface area contributed by atoms with Crippen LogP contribution in [-0.4, -0.2) is 21.7 Å². The number of benzene rings is 4. The first-order valence-corrected chi connectivity index (χ1v) is 10.3. The van der Waals surface area contributed by atoms with Crippen LogP contribution in [0.4, 0.5) is 0 Å². The topological polar surface area (TPSA) is 45.4 Å². The maximum absolute atomic E-state index is 9.49. The molecule has 0 unspecified atom stereocenters. The molecule has 1 aromatic heterocycles. The highest BCUT2D eigenvalue weighted by molar-refractivity contribution is 6.58. The molecule has 5 aromatic rings. The number of para-hydroxylation sites is 2. The van der Waals surface area contributed by atoms with Crippen LogP contribution < -0.4 is 5.46 Å². The van der Waals surface area contributed by atoms with Crippen molar-refractivity contribution >= 4 is 34.4 Å². The van der Waals surface area contributed by atoms with Gasteiger partial charge in [-0.3, -0.25) is 0 Å². The molecule has 3 nitrogen and oxygen atoms in total. The van der Waals surface area contributed by atoms with E-state index in [0.717, 1.165) is 16.8 Å². The minimum atomic E-state index is -1.47. The van der Waals surface area contributed by atoms with Crippen molar-refractivity contribution in [3.8, 4) is 16.8 Å². The lowest BCUT2D eigenvalue weighted by Crippen LogP contribution is -2.29. The zero-order valence-electron chi connectivity index (χ0n) is 17.2. The molecule has 0 radical (unpaired) electrons. The maximum atomic E-state index is 9.49. The second kappa shape index (κ2) is 8.58. The Kier molecular flexibility index (Phi) is 5.71. The fourth-order valence-corrected chi connectivity index (χ4v) is 3.90. The summed E-state index contributed by atoms with van der Waals surface area (Å²) < 4.78 is 2.28. The fourth-order valence-electron chi connectivity index (χ4n) is 3.90. The number of nitrogens with zero attached hydrogens (tertiary/aromatic N) is 1. The average Bonchev–Trinajstić information content (AvgIpc) is 3.15. The molecule has 148 valence electrons. The fraction of sp³-hybridized carbons (Fsp3) is 0.0769. The quantitative estimate of drug-likeness (QED) is 0.416. The predicted octanol–water partition coefficient (Wildman–Crippen LogP) is 5.16. The average molecular weight is 393 g/mol. The second-order valence-corrected chi connectivity index (χ2v) is 6.92. The highest BCUT2D eigenvalue weighted by atomic mass is 16.4. The lowest BCUT2D eigenvalue weighted by atomic mass is 9.79. The molecule has 0 saturated carbocycles. The van der Waals surface area contributed by atoms with Crippen molar-refractivity contribution in [3.63, 3.8) is 0 Å². The van der Waals surface area contributed by atoms with E-state index in [-0.39, 0.29) is 0 Å². The highest BCUT2D eigenvalue weighted by Gasteiger charge is 2.13. The van der Waals surface area contributed by atoms with Crippen molar-refractivity contribution in [2.75, 3.05) is 0 Å². The predicted molar refractivity (Wildman–Crippen MR) is 127 cm³/mol. The number of hydrogen-bond acceptors (Lipinski definition) is 2. The van der Waals surface area contributed by atoms with E-state index in [9.17, 15) is 10.0 Å². The molecule has 5 rings (SSSR count). The van der Waals surface area contributed by atoms with Gasteiger partial charge in [0.15, 0.2) is 0 Å². The van der Waals surface area contributed by atoms with Crippen LogP contribution in [0, 0.1) is 0 Å². The van der Waals surface area contributed by atoms with Gasteiger partial charge in [-0.15, -0.1) is 0 Å². The minimum Gasteiger partial charge on any atom is -0.423 e. The molecule has 0 aliphatic carbocycles. The SMILES string of the molecule is CC.OB(O)c1cccc(-c2cccc(-n3c4ccccc4c4ccccc43)c2)c1. The Morgan fingerprint density at radius 1 is 0.600 bits per heavy atom. The van der Waals surface area contributed by atoms with Crippen LogP contribution in [0.2, 0.25) is 0 Å². The van der Waals surface area contributed by atoms with Gasteiger partial charge in [0.25, 0.3) is 0 Å². The third kappa shape index (κ3) is 3.52. The van der Waals surface area contributed by atoms with Crippen molar-refractivity contribution in [1.29, 1.82) is 0 Å². The first kappa shape index (κ1) is 20.0. The molecule has 2 N–H and O–H groups in total. The molecule has 1 heterocycles. The summed E-state index contributed by atoms with van der Waals surface area (Å²) in [6.45, 7) is 4.00. The molecule has 4 aromatic carbocycles. The van der Waals surface area contributed by atoms with Gasteiger partial charge in [0.2, 0.25) is 0 Å². The van der Waals surface area contributed by atoms with E-state index in [2.05, 4.69) is 65.2 Å². The van der Waals surface area contributed by atoms with E-state index in [1.165, 1.54) is 21.8 Å². The van der Waals surface area contributed by atoms with Gasteiger partial charge >= 0.3 is 7.12 Å². The minimum absolute atomic E-state index is 0.486. The van der Waals surface area contributed by atoms with Gasteiger partial charge in [-0.05, 0) is 40.9 Å². The van der Waals surface area contributed by atoms with E-state index >= 15 is 0 Å². The van der Waals surface area contributed by atoms with Crippen LogP contribution in [0.25, 0.3) is 38.6 Å². The summed E-state index contributed by atoms with van der Waals surface area (Å²) in [4.78, 5) is 0. The van der Waals surface area contributed by atoms with Crippen molar-refractivity contribution < 1.29 is 10.0 Å². The van der Waals surface area contributed by atoms with Gasteiger partial charge in [-0.1, -0.05) is 86.6 Å². The number of fused-ring (bicyclic) bond motifs is 3. The van der Waals surface area contributed by atoms with Crippen LogP contribution in [0.15, 0.2) is 97.1 Å². The van der Waals surface area contributed by atoms with E-state index in [1.807, 2.05) is 44.2 Å². The third-order valence-corrected chi connectivity index (χ3v) is 5.20. The Balaban J connectivity index is 0.00000106. The molecule has 0 atom stereocenters. The van der Waals surface area contributed by atoms with Gasteiger partial charge < -0.3 is 14.6 Å². The Morgan fingerprint density at radius 3 is 1.73 bits per heavy atom. The Hall–Kier alpha value is -3.34. The van der Waals surface area contributed by atoms with Crippen molar-refractivity contribution in [2.24, 2.45) is 0 Å². The monoisotopic (exact) mass is 393 g/mol. The molecule has 0 aliphatic heterocycles. The molecule has 0 spiro atoms. The van der Waals surface area contributed by atoms with Crippen LogP contribution in [-0.2, 0) is 0 Å². The zero-order valence-corrected chi connectivity index (χ0v) is 17.2.